The van der Waals surface area contributed by atoms with Gasteiger partial charge in [0.1, 0.15) is 11.9 Å². The average Bonchev–Trinajstić information content (AvgIpc) is 2.57. The Labute approximate surface area is 157 Å². The lowest BCUT2D eigenvalue weighted by atomic mass is 10.1. The van der Waals surface area contributed by atoms with Gasteiger partial charge in [-0.2, -0.15) is 0 Å². The molecule has 0 heterocycles. The summed E-state index contributed by atoms with van der Waals surface area (Å²) in [6.07, 6.45) is 1.60. The van der Waals surface area contributed by atoms with Gasteiger partial charge in [0.25, 0.3) is 0 Å². The predicted molar refractivity (Wildman–Crippen MR) is 101 cm³/mol. The molecule has 0 aliphatic rings. The minimum absolute atomic E-state index is 0.231. The molecule has 2 aromatic carbocycles. The first kappa shape index (κ1) is 20.2. The molecule has 5 nitrogen and oxygen atoms in total. The number of nitrogens with zero attached hydrogens (tertiary/aromatic N) is 1. The molecule has 2 aromatic rings. The highest BCUT2D eigenvalue weighted by Gasteiger charge is 2.28. The monoisotopic (exact) mass is 398 g/mol. The first-order valence-electron chi connectivity index (χ1n) is 7.95. The first-order valence-corrected chi connectivity index (χ1v) is 10.2. The average molecular weight is 399 g/mol. The van der Waals surface area contributed by atoms with Gasteiger partial charge in [0.2, 0.25) is 15.9 Å². The van der Waals surface area contributed by atoms with Crippen LogP contribution < -0.4 is 9.62 Å². The molecule has 0 spiro atoms. The molecule has 140 valence electrons. The Bertz CT molecular complexity index is 855. The summed E-state index contributed by atoms with van der Waals surface area (Å²) in [5, 5.41) is 3.36. The van der Waals surface area contributed by atoms with E-state index in [1.807, 2.05) is 12.1 Å². The number of anilines is 1. The second-order valence-corrected chi connectivity index (χ2v) is 8.17. The number of nitrogens with one attached hydrogen (secondary N) is 1. The number of carbonyl (C=O) groups is 1. The van der Waals surface area contributed by atoms with Crippen molar-refractivity contribution in [3.63, 3.8) is 0 Å². The van der Waals surface area contributed by atoms with Gasteiger partial charge in [-0.3, -0.25) is 9.10 Å². The molecule has 8 heteroatoms. The molecule has 0 radical (unpaired) electrons. The van der Waals surface area contributed by atoms with Crippen molar-refractivity contribution in [2.45, 2.75) is 19.4 Å². The maximum Gasteiger partial charge on any atom is 0.243 e. The Morgan fingerprint density at radius 3 is 2.27 bits per heavy atom. The quantitative estimate of drug-likeness (QED) is 0.779. The van der Waals surface area contributed by atoms with Crippen molar-refractivity contribution in [2.75, 3.05) is 17.1 Å². The van der Waals surface area contributed by atoms with Crippen LogP contribution in [0, 0.1) is 5.82 Å². The SMILES string of the molecule is CC(C(=O)NCCc1ccc(Cl)cc1)N(c1ccc(F)cc1)S(C)(=O)=O. The highest BCUT2D eigenvalue weighted by Crippen LogP contribution is 2.21. The van der Waals surface area contributed by atoms with Crippen LogP contribution in [0.25, 0.3) is 0 Å². The van der Waals surface area contributed by atoms with Crippen LogP contribution in [-0.4, -0.2) is 33.2 Å². The van der Waals surface area contributed by atoms with Gasteiger partial charge in [-0.25, -0.2) is 12.8 Å². The van der Waals surface area contributed by atoms with Crippen molar-refractivity contribution < 1.29 is 17.6 Å². The number of amides is 1. The third-order valence-corrected chi connectivity index (χ3v) is 5.29. The Kier molecular flexibility index (Phi) is 6.61. The lowest BCUT2D eigenvalue weighted by Gasteiger charge is -2.28. The normalized spacial score (nSPS) is 12.5. The highest BCUT2D eigenvalue weighted by molar-refractivity contribution is 7.92. The van der Waals surface area contributed by atoms with Gasteiger partial charge < -0.3 is 5.32 Å². The van der Waals surface area contributed by atoms with E-state index < -0.39 is 27.8 Å². The fraction of sp³-hybridized carbons (Fsp3) is 0.278. The van der Waals surface area contributed by atoms with E-state index in [1.165, 1.54) is 19.1 Å². The summed E-state index contributed by atoms with van der Waals surface area (Å²) < 4.78 is 38.3. The second kappa shape index (κ2) is 8.51. The highest BCUT2D eigenvalue weighted by atomic mass is 35.5. The van der Waals surface area contributed by atoms with Crippen LogP contribution in [0.4, 0.5) is 10.1 Å². The first-order chi connectivity index (χ1) is 12.2. The fourth-order valence-electron chi connectivity index (χ4n) is 2.53. The topological polar surface area (TPSA) is 66.5 Å². The molecular formula is C18H20ClFN2O3S. The van der Waals surface area contributed by atoms with Gasteiger partial charge in [-0.05, 0) is 55.3 Å². The van der Waals surface area contributed by atoms with Crippen LogP contribution in [0.5, 0.6) is 0 Å². The Balaban J connectivity index is 2.05. The number of hydrogen-bond donors (Lipinski definition) is 1. The number of benzene rings is 2. The van der Waals surface area contributed by atoms with Crippen LogP contribution >= 0.6 is 11.6 Å². The zero-order chi connectivity index (χ0) is 19.3. The smallest absolute Gasteiger partial charge is 0.243 e. The molecule has 0 aliphatic heterocycles. The minimum Gasteiger partial charge on any atom is -0.354 e. The zero-order valence-electron chi connectivity index (χ0n) is 14.4. The van der Waals surface area contributed by atoms with Crippen molar-refractivity contribution in [2.24, 2.45) is 0 Å². The molecule has 1 N–H and O–H groups in total. The molecule has 1 atom stereocenters. The molecule has 0 saturated carbocycles. The van der Waals surface area contributed by atoms with E-state index in [4.69, 9.17) is 11.6 Å². The van der Waals surface area contributed by atoms with Crippen LogP contribution in [0.2, 0.25) is 5.02 Å². The minimum atomic E-state index is -3.72. The van der Waals surface area contributed by atoms with E-state index in [1.54, 1.807) is 12.1 Å². The third-order valence-electron chi connectivity index (χ3n) is 3.80. The predicted octanol–water partition coefficient (Wildman–Crippen LogP) is 2.99. The lowest BCUT2D eigenvalue weighted by Crippen LogP contribution is -2.48. The molecule has 0 bridgehead atoms. The van der Waals surface area contributed by atoms with Crippen LogP contribution in [0.15, 0.2) is 48.5 Å². The fourth-order valence-corrected chi connectivity index (χ4v) is 3.83. The van der Waals surface area contributed by atoms with Gasteiger partial charge in [0.15, 0.2) is 0 Å². The van der Waals surface area contributed by atoms with Crippen LogP contribution in [0.1, 0.15) is 12.5 Å². The Morgan fingerprint density at radius 1 is 1.15 bits per heavy atom. The lowest BCUT2D eigenvalue weighted by molar-refractivity contribution is -0.121. The molecule has 0 saturated heterocycles. The molecule has 0 aromatic heterocycles. The number of hydrogen-bond acceptors (Lipinski definition) is 3. The van der Waals surface area contributed by atoms with E-state index in [9.17, 15) is 17.6 Å². The van der Waals surface area contributed by atoms with Crippen molar-refractivity contribution >= 4 is 33.2 Å². The van der Waals surface area contributed by atoms with Crippen molar-refractivity contribution in [1.82, 2.24) is 5.32 Å². The maximum absolute atomic E-state index is 13.1. The van der Waals surface area contributed by atoms with Gasteiger partial charge >= 0.3 is 0 Å². The van der Waals surface area contributed by atoms with Crippen molar-refractivity contribution in [1.29, 1.82) is 0 Å². The van der Waals surface area contributed by atoms with E-state index in [0.29, 0.717) is 18.0 Å². The summed E-state index contributed by atoms with van der Waals surface area (Å²) in [7, 11) is -3.72. The second-order valence-electron chi connectivity index (χ2n) is 5.88. The van der Waals surface area contributed by atoms with Gasteiger partial charge in [-0.1, -0.05) is 23.7 Å². The number of carbonyl (C=O) groups excluding carboxylic acids is 1. The molecule has 0 aliphatic carbocycles. The largest absolute Gasteiger partial charge is 0.354 e. The Morgan fingerprint density at radius 2 is 1.73 bits per heavy atom. The number of rotatable bonds is 7. The molecule has 1 unspecified atom stereocenters. The van der Waals surface area contributed by atoms with Gasteiger partial charge in [-0.15, -0.1) is 0 Å². The zero-order valence-corrected chi connectivity index (χ0v) is 16.0. The summed E-state index contributed by atoms with van der Waals surface area (Å²) in [5.41, 5.74) is 1.23. The van der Waals surface area contributed by atoms with Crippen LogP contribution in [0.3, 0.4) is 0 Å². The standard InChI is InChI=1S/C18H20ClFN2O3S/c1-13(18(23)21-12-11-14-3-5-15(19)6-4-14)22(26(2,24)25)17-9-7-16(20)8-10-17/h3-10,13H,11-12H2,1-2H3,(H,21,23). The summed E-state index contributed by atoms with van der Waals surface area (Å²) in [6.45, 7) is 1.84. The van der Waals surface area contributed by atoms with Crippen LogP contribution in [-0.2, 0) is 21.2 Å². The number of sulfonamides is 1. The summed E-state index contributed by atoms with van der Waals surface area (Å²) in [6, 6.07) is 11.2. The summed E-state index contributed by atoms with van der Waals surface area (Å²) in [4.78, 5) is 12.4. The Hall–Kier alpha value is -2.12. The third kappa shape index (κ3) is 5.44. The maximum atomic E-state index is 13.1. The molecule has 0 fully saturated rings. The molecule has 1 amide bonds. The van der Waals surface area contributed by atoms with E-state index >= 15 is 0 Å². The number of halogens is 2. The van der Waals surface area contributed by atoms with E-state index in [2.05, 4.69) is 5.32 Å². The van der Waals surface area contributed by atoms with Gasteiger partial charge in [0, 0.05) is 11.6 Å². The molecule has 26 heavy (non-hydrogen) atoms. The van der Waals surface area contributed by atoms with Gasteiger partial charge in [0.05, 0.1) is 11.9 Å². The summed E-state index contributed by atoms with van der Waals surface area (Å²) in [5.74, 6) is -0.920. The summed E-state index contributed by atoms with van der Waals surface area (Å²) >= 11 is 5.83. The molecular weight excluding hydrogens is 379 g/mol. The van der Waals surface area contributed by atoms with E-state index in [-0.39, 0.29) is 5.69 Å². The van der Waals surface area contributed by atoms with E-state index in [0.717, 1.165) is 28.3 Å². The molecule has 2 rings (SSSR count). The van der Waals surface area contributed by atoms with Crippen molar-refractivity contribution in [3.8, 4) is 0 Å². The van der Waals surface area contributed by atoms with Crippen molar-refractivity contribution in [3.05, 3.63) is 64.9 Å².